The Hall–Kier alpha value is -0.940. The third kappa shape index (κ3) is 2.28. The van der Waals surface area contributed by atoms with Crippen LogP contribution in [0.25, 0.3) is 0 Å². The molecule has 1 saturated heterocycles. The minimum atomic E-state index is -0.645. The molecule has 1 aliphatic heterocycles. The van der Waals surface area contributed by atoms with Gasteiger partial charge < -0.3 is 10.4 Å². The summed E-state index contributed by atoms with van der Waals surface area (Å²) in [5, 5.41) is 13.4. The van der Waals surface area contributed by atoms with E-state index < -0.39 is 12.5 Å². The van der Waals surface area contributed by atoms with Gasteiger partial charge in [0.25, 0.3) is 5.91 Å². The second kappa shape index (κ2) is 4.18. The van der Waals surface area contributed by atoms with Crippen molar-refractivity contribution < 1.29 is 14.7 Å². The van der Waals surface area contributed by atoms with E-state index in [9.17, 15) is 9.59 Å². The van der Waals surface area contributed by atoms with E-state index in [1.165, 1.54) is 0 Å². The van der Waals surface area contributed by atoms with Crippen LogP contribution in [0.3, 0.4) is 0 Å². The fourth-order valence-electron chi connectivity index (χ4n) is 1.17. The van der Waals surface area contributed by atoms with Gasteiger partial charge in [0.15, 0.2) is 0 Å². The lowest BCUT2D eigenvalue weighted by Crippen LogP contribution is -2.44. The Labute approximate surface area is 70.1 Å². The molecule has 1 fully saturated rings. The van der Waals surface area contributed by atoms with Crippen molar-refractivity contribution in [2.75, 3.05) is 13.2 Å². The van der Waals surface area contributed by atoms with Gasteiger partial charge in [-0.15, -0.1) is 0 Å². The number of rotatable bonds is 2. The van der Waals surface area contributed by atoms with Crippen LogP contribution >= 0.6 is 0 Å². The molecule has 0 spiro atoms. The van der Waals surface area contributed by atoms with Crippen LogP contribution in [0.5, 0.6) is 0 Å². The molecule has 5 nitrogen and oxygen atoms in total. The number of carbonyl (C=O) groups is 2. The lowest BCUT2D eigenvalue weighted by molar-refractivity contribution is -0.132. The Morgan fingerprint density at radius 1 is 1.58 bits per heavy atom. The van der Waals surface area contributed by atoms with E-state index in [0.29, 0.717) is 0 Å². The van der Waals surface area contributed by atoms with Gasteiger partial charge in [-0.25, -0.2) is 0 Å². The van der Waals surface area contributed by atoms with Gasteiger partial charge in [0, 0.05) is 0 Å². The highest BCUT2D eigenvalue weighted by atomic mass is 16.3. The SMILES string of the molecule is O=C(CO)NC(=O)[C@@H]1CCCN1. The van der Waals surface area contributed by atoms with Crippen molar-refractivity contribution in [3.8, 4) is 0 Å². The van der Waals surface area contributed by atoms with Crippen LogP contribution in [0, 0.1) is 0 Å². The number of aliphatic hydroxyl groups excluding tert-OH is 1. The molecule has 0 aromatic heterocycles. The summed E-state index contributed by atoms with van der Waals surface area (Å²) >= 11 is 0. The van der Waals surface area contributed by atoms with Gasteiger partial charge in [0.1, 0.15) is 6.61 Å². The maximum absolute atomic E-state index is 11.1. The molecule has 5 heteroatoms. The standard InChI is InChI=1S/C7H12N2O3/c10-4-6(11)9-7(12)5-2-1-3-8-5/h5,8,10H,1-4H2,(H,9,11,12)/t5-/m0/s1. The Bertz CT molecular complexity index is 187. The molecule has 0 bridgehead atoms. The van der Waals surface area contributed by atoms with E-state index >= 15 is 0 Å². The molecule has 1 heterocycles. The molecule has 0 aromatic carbocycles. The van der Waals surface area contributed by atoms with E-state index in [4.69, 9.17) is 5.11 Å². The first-order valence-corrected chi connectivity index (χ1v) is 3.92. The average Bonchev–Trinajstić information content (AvgIpc) is 2.56. The Kier molecular flexibility index (Phi) is 3.19. The zero-order valence-electron chi connectivity index (χ0n) is 6.67. The largest absolute Gasteiger partial charge is 0.387 e. The molecule has 0 radical (unpaired) electrons. The highest BCUT2D eigenvalue weighted by Crippen LogP contribution is 2.03. The summed E-state index contributed by atoms with van der Waals surface area (Å²) in [6, 6.07) is -0.263. The normalized spacial score (nSPS) is 22.2. The molecule has 0 aliphatic carbocycles. The molecule has 3 N–H and O–H groups in total. The van der Waals surface area contributed by atoms with Gasteiger partial charge in [-0.2, -0.15) is 0 Å². The fourth-order valence-corrected chi connectivity index (χ4v) is 1.17. The zero-order valence-corrected chi connectivity index (χ0v) is 6.67. The van der Waals surface area contributed by atoms with Crippen molar-refractivity contribution in [1.82, 2.24) is 10.6 Å². The van der Waals surface area contributed by atoms with Crippen LogP contribution in [0.1, 0.15) is 12.8 Å². The Balaban J connectivity index is 2.32. The van der Waals surface area contributed by atoms with E-state index in [1.54, 1.807) is 0 Å². The first kappa shape index (κ1) is 9.15. The van der Waals surface area contributed by atoms with E-state index in [1.807, 2.05) is 0 Å². The predicted molar refractivity (Wildman–Crippen MR) is 41.3 cm³/mol. The summed E-state index contributed by atoms with van der Waals surface area (Å²) in [5.74, 6) is -0.986. The minimum absolute atomic E-state index is 0.263. The summed E-state index contributed by atoms with van der Waals surface area (Å²) in [7, 11) is 0. The summed E-state index contributed by atoms with van der Waals surface area (Å²) in [5.41, 5.74) is 0. The smallest absolute Gasteiger partial charge is 0.252 e. The second-order valence-corrected chi connectivity index (χ2v) is 2.72. The van der Waals surface area contributed by atoms with Gasteiger partial charge in [0.05, 0.1) is 6.04 Å². The highest BCUT2D eigenvalue weighted by molar-refractivity contribution is 5.98. The van der Waals surface area contributed by atoms with Gasteiger partial charge in [-0.3, -0.25) is 14.9 Å². The van der Waals surface area contributed by atoms with Crippen LogP contribution < -0.4 is 10.6 Å². The molecule has 0 saturated carbocycles. The molecular formula is C7H12N2O3. The molecule has 1 aliphatic rings. The van der Waals surface area contributed by atoms with Gasteiger partial charge >= 0.3 is 0 Å². The Morgan fingerprint density at radius 3 is 2.83 bits per heavy atom. The van der Waals surface area contributed by atoms with E-state index in [-0.39, 0.29) is 11.9 Å². The van der Waals surface area contributed by atoms with Crippen molar-refractivity contribution in [3.05, 3.63) is 0 Å². The summed E-state index contributed by atoms with van der Waals surface area (Å²) in [6.45, 7) is 0.170. The molecule has 12 heavy (non-hydrogen) atoms. The first-order chi connectivity index (χ1) is 5.74. The quantitative estimate of drug-likeness (QED) is 0.467. The monoisotopic (exact) mass is 172 g/mol. The molecule has 1 rings (SSSR count). The van der Waals surface area contributed by atoms with Crippen LogP contribution in [0.15, 0.2) is 0 Å². The molecule has 0 unspecified atom stereocenters. The van der Waals surface area contributed by atoms with Crippen LogP contribution in [0.2, 0.25) is 0 Å². The number of aliphatic hydroxyl groups is 1. The minimum Gasteiger partial charge on any atom is -0.387 e. The van der Waals surface area contributed by atoms with Crippen LogP contribution in [-0.4, -0.2) is 36.1 Å². The number of hydrogen-bond donors (Lipinski definition) is 3. The number of hydrogen-bond acceptors (Lipinski definition) is 4. The maximum atomic E-state index is 11.1. The zero-order chi connectivity index (χ0) is 8.97. The van der Waals surface area contributed by atoms with Crippen molar-refractivity contribution >= 4 is 11.8 Å². The second-order valence-electron chi connectivity index (χ2n) is 2.72. The number of nitrogens with one attached hydrogen (secondary N) is 2. The van der Waals surface area contributed by atoms with Crippen molar-refractivity contribution in [1.29, 1.82) is 0 Å². The third-order valence-electron chi connectivity index (χ3n) is 1.78. The van der Waals surface area contributed by atoms with Gasteiger partial charge in [0.2, 0.25) is 5.91 Å². The molecular weight excluding hydrogens is 160 g/mol. The topological polar surface area (TPSA) is 78.4 Å². The van der Waals surface area contributed by atoms with Crippen LogP contribution in [-0.2, 0) is 9.59 Å². The number of imide groups is 1. The average molecular weight is 172 g/mol. The van der Waals surface area contributed by atoms with Gasteiger partial charge in [-0.05, 0) is 19.4 Å². The van der Waals surface area contributed by atoms with Crippen molar-refractivity contribution in [2.24, 2.45) is 0 Å². The van der Waals surface area contributed by atoms with Gasteiger partial charge in [-0.1, -0.05) is 0 Å². The van der Waals surface area contributed by atoms with Crippen molar-refractivity contribution in [2.45, 2.75) is 18.9 Å². The molecule has 2 amide bonds. The van der Waals surface area contributed by atoms with Crippen LogP contribution in [0.4, 0.5) is 0 Å². The number of carbonyl (C=O) groups excluding carboxylic acids is 2. The molecule has 0 aromatic rings. The predicted octanol–water partition coefficient (Wildman–Crippen LogP) is -1.63. The maximum Gasteiger partial charge on any atom is 0.252 e. The summed E-state index contributed by atoms with van der Waals surface area (Å²) in [4.78, 5) is 21.7. The summed E-state index contributed by atoms with van der Waals surface area (Å²) in [6.07, 6.45) is 1.70. The fraction of sp³-hybridized carbons (Fsp3) is 0.714. The first-order valence-electron chi connectivity index (χ1n) is 3.92. The lowest BCUT2D eigenvalue weighted by atomic mass is 10.2. The summed E-state index contributed by atoms with van der Waals surface area (Å²) < 4.78 is 0. The highest BCUT2D eigenvalue weighted by Gasteiger charge is 2.22. The van der Waals surface area contributed by atoms with E-state index in [2.05, 4.69) is 10.6 Å². The Morgan fingerprint density at radius 2 is 2.33 bits per heavy atom. The number of amides is 2. The van der Waals surface area contributed by atoms with Crippen molar-refractivity contribution in [3.63, 3.8) is 0 Å². The third-order valence-corrected chi connectivity index (χ3v) is 1.78. The van der Waals surface area contributed by atoms with E-state index in [0.717, 1.165) is 19.4 Å². The molecule has 68 valence electrons. The lowest BCUT2D eigenvalue weighted by Gasteiger charge is -2.08. The molecule has 1 atom stereocenters.